The van der Waals surface area contributed by atoms with Crippen molar-refractivity contribution in [1.82, 2.24) is 0 Å². The van der Waals surface area contributed by atoms with Gasteiger partial charge >= 0.3 is 0 Å². The summed E-state index contributed by atoms with van der Waals surface area (Å²) in [7, 11) is -4.42. The average Bonchev–Trinajstić information content (AvgIpc) is 3.11. The quantitative estimate of drug-likeness (QED) is 0.305. The number of ether oxygens (including phenoxy) is 2. The molecule has 2 fully saturated rings. The zero-order valence-corrected chi connectivity index (χ0v) is 28.4. The number of nitrogens with zero attached hydrogens (tertiary/aromatic N) is 2. The molecule has 2 aliphatic heterocycles. The van der Waals surface area contributed by atoms with E-state index in [0.29, 0.717) is 0 Å². The molecule has 2 saturated heterocycles. The molecule has 0 N–H and O–H groups in total. The van der Waals surface area contributed by atoms with Crippen molar-refractivity contribution < 1.29 is 49.9 Å². The monoisotopic (exact) mass is 616 g/mol. The first-order chi connectivity index (χ1) is 12.4. The Balaban J connectivity index is -0.000000316. The van der Waals surface area contributed by atoms with Crippen molar-refractivity contribution in [2.75, 3.05) is 26.4 Å². The Morgan fingerprint density at radius 2 is 0.586 bits per heavy atom. The molecule has 2 rings (SSSR count). The van der Waals surface area contributed by atoms with Crippen LogP contribution < -0.4 is 0 Å². The molecule has 178 valence electrons. The first kappa shape index (κ1) is 35.6. The molecule has 0 aliphatic carbocycles. The van der Waals surface area contributed by atoms with Crippen molar-refractivity contribution in [2.24, 2.45) is 0 Å². The number of hydrogen-bond donors (Lipinski definition) is 0. The minimum absolute atomic E-state index is 0. The molecule has 9 heteroatoms. The zero-order chi connectivity index (χ0) is 22.5. The van der Waals surface area contributed by atoms with Crippen molar-refractivity contribution in [3.8, 4) is 0 Å². The van der Waals surface area contributed by atoms with Gasteiger partial charge in [-0.15, -0.1) is 0 Å². The van der Waals surface area contributed by atoms with E-state index in [4.69, 9.17) is 18.8 Å². The van der Waals surface area contributed by atoms with Gasteiger partial charge in [0.05, 0.1) is 0 Å². The molecule has 0 aromatic carbocycles. The maximum Gasteiger partial charge on any atom is 0.0466 e. The van der Waals surface area contributed by atoms with E-state index in [1.807, 2.05) is 0 Å². The molecule has 0 aromatic rings. The summed E-state index contributed by atoms with van der Waals surface area (Å²) in [5, 5.41) is 0. The van der Waals surface area contributed by atoms with Gasteiger partial charge in [0.25, 0.3) is 0 Å². The maximum absolute atomic E-state index is 4.94. The molecule has 2 heterocycles. The van der Waals surface area contributed by atoms with Gasteiger partial charge in [0.1, 0.15) is 0 Å². The second kappa shape index (κ2) is 17.5. The summed E-state index contributed by atoms with van der Waals surface area (Å²) in [5.41, 5.74) is 0. The SMILES string of the molecule is C1CCOC1.C1CCOC1.C[Si](C)(C)[N-][Si](C)(C)C.C[Si](C)(C)[N-][Si](C)(C)C.[Sm]. The Labute approximate surface area is 220 Å². The van der Waals surface area contributed by atoms with Gasteiger partial charge in [0, 0.05) is 66.8 Å². The van der Waals surface area contributed by atoms with Gasteiger partial charge in [-0.1, -0.05) is 112 Å². The molecule has 0 saturated carbocycles. The number of hydrogen-bond acceptors (Lipinski definition) is 2. The van der Waals surface area contributed by atoms with Crippen molar-refractivity contribution in [3.63, 3.8) is 0 Å². The fraction of sp³-hybridized carbons (Fsp3) is 1.00. The molecule has 0 spiro atoms. The Kier molecular flexibility index (Phi) is 21.5. The average molecular weight is 615 g/mol. The summed E-state index contributed by atoms with van der Waals surface area (Å²) < 4.78 is 19.5. The third-order valence-electron chi connectivity index (χ3n) is 3.00. The Hall–Kier alpha value is 2.05. The normalized spacial score (nSPS) is 17.0. The van der Waals surface area contributed by atoms with E-state index in [-0.39, 0.29) is 40.4 Å². The minimum atomic E-state index is -1.11. The van der Waals surface area contributed by atoms with E-state index >= 15 is 0 Å². The van der Waals surface area contributed by atoms with Gasteiger partial charge in [0.15, 0.2) is 0 Å². The van der Waals surface area contributed by atoms with E-state index in [1.54, 1.807) is 0 Å². The van der Waals surface area contributed by atoms with Crippen LogP contribution in [0.3, 0.4) is 0 Å². The summed E-state index contributed by atoms with van der Waals surface area (Å²) in [6.45, 7) is 31.6. The molecule has 0 radical (unpaired) electrons. The zero-order valence-electron chi connectivity index (χ0n) is 21.8. The fourth-order valence-corrected chi connectivity index (χ4v) is 19.1. The Morgan fingerprint density at radius 1 is 0.414 bits per heavy atom. The van der Waals surface area contributed by atoms with Crippen molar-refractivity contribution in [1.29, 1.82) is 0 Å². The molecule has 0 atom stereocenters. The van der Waals surface area contributed by atoms with E-state index in [1.165, 1.54) is 25.7 Å². The Bertz CT molecular complexity index is 293. The van der Waals surface area contributed by atoms with E-state index in [9.17, 15) is 0 Å². The molecule has 0 unspecified atom stereocenters. The van der Waals surface area contributed by atoms with Crippen LogP contribution in [0.2, 0.25) is 78.6 Å². The van der Waals surface area contributed by atoms with E-state index < -0.39 is 32.9 Å². The third kappa shape index (κ3) is 40.9. The molecule has 0 bridgehead atoms. The fourth-order valence-electron chi connectivity index (χ4n) is 3.03. The van der Waals surface area contributed by atoms with Crippen LogP contribution in [0.1, 0.15) is 25.7 Å². The van der Waals surface area contributed by atoms with Crippen molar-refractivity contribution >= 4 is 32.9 Å². The van der Waals surface area contributed by atoms with Gasteiger partial charge in [-0.3, -0.25) is 0 Å². The topological polar surface area (TPSA) is 46.7 Å². The van der Waals surface area contributed by atoms with Crippen LogP contribution in [0.5, 0.6) is 0 Å². The van der Waals surface area contributed by atoms with Gasteiger partial charge < -0.3 is 18.8 Å². The van der Waals surface area contributed by atoms with Crippen LogP contribution in [0.25, 0.3) is 9.30 Å². The summed E-state index contributed by atoms with van der Waals surface area (Å²) in [6, 6.07) is 0. The number of rotatable bonds is 4. The maximum atomic E-state index is 4.94. The largest absolute Gasteiger partial charge is 0.668 e. The van der Waals surface area contributed by atoms with Gasteiger partial charge in [0.2, 0.25) is 0 Å². The minimum Gasteiger partial charge on any atom is -0.668 e. The second-order valence-corrected chi connectivity index (χ2v) is 30.7. The predicted octanol–water partition coefficient (Wildman–Crippen LogP) is 7.65. The van der Waals surface area contributed by atoms with Crippen LogP contribution in [-0.4, -0.2) is 59.4 Å². The van der Waals surface area contributed by atoms with E-state index in [2.05, 4.69) is 78.6 Å². The molecule has 4 nitrogen and oxygen atoms in total. The molecule has 29 heavy (non-hydrogen) atoms. The van der Waals surface area contributed by atoms with Gasteiger partial charge in [-0.05, 0) is 25.7 Å². The summed E-state index contributed by atoms with van der Waals surface area (Å²) in [4.78, 5) is 0. The first-order valence-electron chi connectivity index (χ1n) is 11.0. The summed E-state index contributed by atoms with van der Waals surface area (Å²) in [6.07, 6.45) is 5.11. The molecule has 2 aliphatic rings. The van der Waals surface area contributed by atoms with Gasteiger partial charge in [-0.25, -0.2) is 0 Å². The second-order valence-electron chi connectivity index (χ2n) is 11.5. The van der Waals surface area contributed by atoms with Crippen LogP contribution in [-0.2, 0) is 9.47 Å². The summed E-state index contributed by atoms with van der Waals surface area (Å²) >= 11 is 0. The molecular weight excluding hydrogens is 563 g/mol. The smallest absolute Gasteiger partial charge is 0.0466 e. The standard InChI is InChI=1S/2C6H18NSi2.2C4H8O.Sm/c2*1-8(2,3)7-9(4,5)6;2*1-2-4-5-3-1;/h2*1-6H3;2*1-4H2;/q2*-1;;;. The molecular formula is C20H52N2O2Si4Sm-2. The molecule has 0 aromatic heterocycles. The van der Waals surface area contributed by atoms with Crippen LogP contribution >= 0.6 is 0 Å². The van der Waals surface area contributed by atoms with Crippen molar-refractivity contribution in [3.05, 3.63) is 9.30 Å². The predicted molar refractivity (Wildman–Crippen MR) is 140 cm³/mol. The molecule has 0 amide bonds. The van der Waals surface area contributed by atoms with Crippen molar-refractivity contribution in [2.45, 2.75) is 104 Å². The van der Waals surface area contributed by atoms with Crippen LogP contribution in [0.15, 0.2) is 0 Å². The van der Waals surface area contributed by atoms with E-state index in [0.717, 1.165) is 26.4 Å². The van der Waals surface area contributed by atoms with Gasteiger partial charge in [-0.2, -0.15) is 0 Å². The first-order valence-corrected chi connectivity index (χ1v) is 24.8. The van der Waals surface area contributed by atoms with Crippen LogP contribution in [0, 0.1) is 40.4 Å². The third-order valence-corrected chi connectivity index (χ3v) is 13.7. The summed E-state index contributed by atoms with van der Waals surface area (Å²) in [5.74, 6) is 0. The Morgan fingerprint density at radius 3 is 0.621 bits per heavy atom. The van der Waals surface area contributed by atoms with Crippen LogP contribution in [0.4, 0.5) is 0 Å².